The van der Waals surface area contributed by atoms with Crippen LogP contribution in [0.15, 0.2) is 146 Å². The first-order chi connectivity index (χ1) is 19.3. The summed E-state index contributed by atoms with van der Waals surface area (Å²) in [5, 5.41) is 0. The average molecular weight is 742 g/mol. The van der Waals surface area contributed by atoms with E-state index in [2.05, 4.69) is 29.9 Å². The third-order valence-corrected chi connectivity index (χ3v) is 7.93. The second kappa shape index (κ2) is 22.9. The summed E-state index contributed by atoms with van der Waals surface area (Å²) in [5.74, 6) is 0. The normalized spacial score (nSPS) is 9.14. The van der Waals surface area contributed by atoms with E-state index in [1.807, 2.05) is 109 Å². The maximum absolute atomic E-state index is 4.23. The summed E-state index contributed by atoms with van der Waals surface area (Å²) in [7, 11) is 0. The Kier molecular flexibility index (Phi) is 20.3. The van der Waals surface area contributed by atoms with Crippen molar-refractivity contribution in [2.45, 2.75) is 0 Å². The van der Waals surface area contributed by atoms with Crippen LogP contribution in [0.2, 0.25) is 0 Å². The fourth-order valence-electron chi connectivity index (χ4n) is 2.62. The molecular formula is C30H24Cl3Fe3N6. The Morgan fingerprint density at radius 1 is 0.262 bits per heavy atom. The molecule has 42 heavy (non-hydrogen) atoms. The van der Waals surface area contributed by atoms with Crippen molar-refractivity contribution in [3.63, 3.8) is 0 Å². The molecule has 12 heteroatoms. The molecule has 6 nitrogen and oxygen atoms in total. The summed E-state index contributed by atoms with van der Waals surface area (Å²) in [6, 6.07) is 35.5. The van der Waals surface area contributed by atoms with E-state index in [0.717, 1.165) is 72.4 Å². The van der Waals surface area contributed by atoms with Crippen molar-refractivity contribution in [1.29, 1.82) is 0 Å². The third kappa shape index (κ3) is 15.0. The van der Waals surface area contributed by atoms with Gasteiger partial charge in [-0.2, -0.15) is 0 Å². The van der Waals surface area contributed by atoms with Crippen LogP contribution in [0.4, 0.5) is 0 Å². The number of halogens is 3. The predicted octanol–water partition coefficient (Wildman–Crippen LogP) is -7.46. The van der Waals surface area contributed by atoms with Crippen LogP contribution in [0, 0.1) is 0 Å². The van der Waals surface area contributed by atoms with Crippen LogP contribution < -0.4 is 64.8 Å². The summed E-state index contributed by atoms with van der Waals surface area (Å²) in [4.78, 5) is 25.4. The third-order valence-electron chi connectivity index (χ3n) is 4.27. The molecule has 0 atom stereocenters. The topological polar surface area (TPSA) is 77.3 Å². The Balaban J connectivity index is 0.000000304. The monoisotopic (exact) mass is 741 g/mol. The summed E-state index contributed by atoms with van der Waals surface area (Å²) < 4.78 is 6.34. The quantitative estimate of drug-likeness (QED) is 0.158. The van der Waals surface area contributed by atoms with E-state index in [1.165, 1.54) is 0 Å². The number of pyridine rings is 6. The Labute approximate surface area is 283 Å². The summed E-state index contributed by atoms with van der Waals surface area (Å²) in [5.41, 5.74) is 0. The first-order valence-corrected chi connectivity index (χ1v) is 15.0. The molecule has 0 saturated heterocycles. The molecule has 0 aliphatic heterocycles. The summed E-state index contributed by atoms with van der Waals surface area (Å²) >= 11 is 2.42. The van der Waals surface area contributed by atoms with Gasteiger partial charge in [0.2, 0.25) is 0 Å². The number of nitrogens with zero attached hydrogens (tertiary/aromatic N) is 6. The van der Waals surface area contributed by atoms with Crippen molar-refractivity contribution in [3.8, 4) is 0 Å². The molecule has 0 radical (unpaired) electrons. The van der Waals surface area contributed by atoms with Crippen LogP contribution in [0.3, 0.4) is 0 Å². The number of rotatable bonds is 6. The Morgan fingerprint density at radius 3 is 0.548 bits per heavy atom. The Hall–Kier alpha value is -2.67. The fraction of sp³-hybridized carbons (Fsp3) is 0. The molecule has 0 spiro atoms. The molecule has 6 heterocycles. The minimum absolute atomic E-state index is 0. The zero-order chi connectivity index (χ0) is 26.8. The minimum atomic E-state index is 0. The first kappa shape index (κ1) is 37.4. The molecule has 6 aromatic heterocycles. The van der Waals surface area contributed by atoms with E-state index in [1.54, 1.807) is 37.2 Å². The zero-order valence-corrected chi connectivity index (χ0v) is 27.3. The van der Waals surface area contributed by atoms with E-state index in [0.29, 0.717) is 0 Å². The van der Waals surface area contributed by atoms with Gasteiger partial charge in [0.25, 0.3) is 0 Å². The van der Waals surface area contributed by atoms with Crippen molar-refractivity contribution in [1.82, 2.24) is 29.9 Å². The van der Waals surface area contributed by atoms with Gasteiger partial charge in [0.1, 0.15) is 0 Å². The molecule has 0 bridgehead atoms. The Morgan fingerprint density at radius 2 is 0.429 bits per heavy atom. The summed E-state index contributed by atoms with van der Waals surface area (Å²) in [6.07, 6.45) is 10.8. The second-order valence-electron chi connectivity index (χ2n) is 7.10. The zero-order valence-electron chi connectivity index (χ0n) is 21.7. The van der Waals surface area contributed by atoms with E-state index < -0.39 is 0 Å². The molecule has 0 aliphatic carbocycles. The Bertz CT molecular complexity index is 1170. The van der Waals surface area contributed by atoms with Gasteiger partial charge in [-0.05, 0) is 0 Å². The van der Waals surface area contributed by atoms with Crippen molar-refractivity contribution in [2.24, 2.45) is 0 Å². The average Bonchev–Trinajstić information content (AvgIpc) is 3.01. The predicted molar refractivity (Wildman–Crippen MR) is 143 cm³/mol. The first-order valence-electron chi connectivity index (χ1n) is 11.7. The maximum atomic E-state index is 4.23. The molecule has 6 rings (SSSR count). The number of aromatic nitrogens is 6. The van der Waals surface area contributed by atoms with Gasteiger partial charge in [-0.3, -0.25) is 0 Å². The van der Waals surface area contributed by atoms with Gasteiger partial charge >= 0.3 is 249 Å². The van der Waals surface area contributed by atoms with Crippen LogP contribution in [0.5, 0.6) is 0 Å². The molecule has 0 aromatic carbocycles. The molecule has 0 unspecified atom stereocenters. The molecule has 0 fully saturated rings. The van der Waals surface area contributed by atoms with Gasteiger partial charge < -0.3 is 37.2 Å². The van der Waals surface area contributed by atoms with Crippen molar-refractivity contribution < 1.29 is 82.1 Å². The molecule has 0 aliphatic rings. The SMILES string of the molecule is [Cl-].[Cl-].[Cl-].c1cc[c]([Fe+][c]2ccccn2)nc1.c1cc[c]([Fe+][c]2ccccn2)nc1.c1cc[c]([Fe+][c]2ccccn2)nc1. The van der Waals surface area contributed by atoms with Gasteiger partial charge in [0, 0.05) is 0 Å². The van der Waals surface area contributed by atoms with Gasteiger partial charge in [-0.25, -0.2) is 0 Å². The van der Waals surface area contributed by atoms with Crippen molar-refractivity contribution in [3.05, 3.63) is 146 Å². The van der Waals surface area contributed by atoms with Crippen LogP contribution in [0.25, 0.3) is 0 Å². The van der Waals surface area contributed by atoms with Crippen LogP contribution in [-0.2, 0) is 44.9 Å². The molecule has 0 amide bonds. The van der Waals surface area contributed by atoms with Crippen LogP contribution >= 0.6 is 0 Å². The van der Waals surface area contributed by atoms with Gasteiger partial charge in [0.15, 0.2) is 0 Å². The van der Waals surface area contributed by atoms with Gasteiger partial charge in [0.05, 0.1) is 0 Å². The molecule has 0 N–H and O–H groups in total. The van der Waals surface area contributed by atoms with Crippen molar-refractivity contribution >= 4 is 27.6 Å². The fourth-order valence-corrected chi connectivity index (χ4v) is 5.60. The van der Waals surface area contributed by atoms with E-state index in [9.17, 15) is 0 Å². The van der Waals surface area contributed by atoms with Crippen molar-refractivity contribution in [2.75, 3.05) is 0 Å². The molecule has 0 saturated carbocycles. The molecule has 219 valence electrons. The number of hydrogen-bond acceptors (Lipinski definition) is 6. The molecular weight excluding hydrogens is 718 g/mol. The standard InChI is InChI=1S/6C5H4N.3ClH.3Fe/c6*1-2-4-6-5-3-1;;;;;;/h6*1-4H;3*1H;;;/q;;;;;;;;;3*+1/p-3. The second-order valence-corrected chi connectivity index (χ2v) is 11.3. The summed E-state index contributed by atoms with van der Waals surface area (Å²) in [6.45, 7) is 0. The molecule has 6 aromatic rings. The van der Waals surface area contributed by atoms with E-state index >= 15 is 0 Å². The van der Waals surface area contributed by atoms with Gasteiger partial charge in [-0.15, -0.1) is 0 Å². The van der Waals surface area contributed by atoms with E-state index in [-0.39, 0.29) is 37.2 Å². The van der Waals surface area contributed by atoms with Crippen LogP contribution in [0.1, 0.15) is 0 Å². The number of hydrogen-bond donors (Lipinski definition) is 0. The van der Waals surface area contributed by atoms with E-state index in [4.69, 9.17) is 0 Å². The van der Waals surface area contributed by atoms with Gasteiger partial charge in [-0.1, -0.05) is 0 Å². The van der Waals surface area contributed by atoms with Crippen LogP contribution in [-0.4, -0.2) is 29.9 Å².